The molecule has 0 saturated heterocycles. The van der Waals surface area contributed by atoms with Crippen molar-refractivity contribution < 1.29 is 18.8 Å². The minimum Gasteiger partial charge on any atom is -0.374 e. The predicted molar refractivity (Wildman–Crippen MR) is 186 cm³/mol. The fourth-order valence-corrected chi connectivity index (χ4v) is 6.33. The van der Waals surface area contributed by atoms with E-state index >= 15 is 0 Å². The Balaban J connectivity index is 2.01. The molecule has 6 heteroatoms. The van der Waals surface area contributed by atoms with Gasteiger partial charge in [-0.15, -0.1) is 0 Å². The Morgan fingerprint density at radius 1 is 0.773 bits per heavy atom. The van der Waals surface area contributed by atoms with Crippen LogP contribution in [-0.4, -0.2) is 80.1 Å². The molecule has 0 saturated carbocycles. The molecule has 246 valence electrons. The number of hydrogen-bond acceptors (Lipinski definition) is 4. The number of unbranched alkanes of at least 4 members (excludes halogenated alkanes) is 2. The number of Topliss-reactive ketones (excluding diaryl/α,β-unsaturated/α-hetero) is 1. The van der Waals surface area contributed by atoms with Crippen LogP contribution in [0, 0.1) is 41.5 Å². The van der Waals surface area contributed by atoms with Crippen LogP contribution < -0.4 is 5.32 Å². The van der Waals surface area contributed by atoms with Gasteiger partial charge in [0, 0.05) is 18.7 Å². The summed E-state index contributed by atoms with van der Waals surface area (Å²) in [7, 11) is 0. The smallest absolute Gasteiger partial charge is 0.238 e. The number of anilines is 1. The number of ether oxygens (including phenoxy) is 1. The number of nitrogens with one attached hydrogen (secondary N) is 1. The van der Waals surface area contributed by atoms with E-state index in [1.165, 1.54) is 27.8 Å². The standard InChI is InChI=1S/C38H61N3O3/c1-10-13-18-40(27-37(43)39-38-29(4)16-15-17-30(38)5)19-23-44-24-22-41(20-12-3,21-14-11-2)28-35(42)26-36-33(8)31(6)25-32(7)34(36)9/h15-17,25H,10-14,18-24,26-28H2,1-9H3/p+1. The maximum absolute atomic E-state index is 13.6. The van der Waals surface area contributed by atoms with Crippen LogP contribution in [0.25, 0.3) is 0 Å². The van der Waals surface area contributed by atoms with Crippen molar-refractivity contribution in [3.05, 3.63) is 63.2 Å². The van der Waals surface area contributed by atoms with E-state index in [2.05, 4.69) is 64.7 Å². The number of quaternary nitrogens is 1. The topological polar surface area (TPSA) is 58.6 Å². The van der Waals surface area contributed by atoms with Crippen molar-refractivity contribution in [3.63, 3.8) is 0 Å². The Morgan fingerprint density at radius 3 is 2.00 bits per heavy atom. The van der Waals surface area contributed by atoms with Gasteiger partial charge in [-0.1, -0.05) is 57.9 Å². The largest absolute Gasteiger partial charge is 0.374 e. The lowest BCUT2D eigenvalue weighted by Crippen LogP contribution is -2.54. The Kier molecular flexibility index (Phi) is 16.3. The molecule has 0 bridgehead atoms. The number of para-hydroxylation sites is 1. The molecule has 0 spiro atoms. The van der Waals surface area contributed by atoms with E-state index < -0.39 is 0 Å². The summed E-state index contributed by atoms with van der Waals surface area (Å²) in [6.07, 6.45) is 5.90. The zero-order valence-corrected chi connectivity index (χ0v) is 29.5. The Morgan fingerprint density at radius 2 is 1.41 bits per heavy atom. The first-order chi connectivity index (χ1) is 21.0. The third kappa shape index (κ3) is 11.8. The summed E-state index contributed by atoms with van der Waals surface area (Å²) >= 11 is 0. The highest BCUT2D eigenvalue weighted by molar-refractivity contribution is 5.93. The van der Waals surface area contributed by atoms with Crippen molar-refractivity contribution in [1.82, 2.24) is 4.90 Å². The number of rotatable bonds is 21. The van der Waals surface area contributed by atoms with Gasteiger partial charge in [-0.05, 0) is 106 Å². The van der Waals surface area contributed by atoms with Crippen molar-refractivity contribution in [1.29, 1.82) is 0 Å². The second kappa shape index (κ2) is 19.1. The second-order valence-electron chi connectivity index (χ2n) is 13.0. The maximum atomic E-state index is 13.6. The number of carbonyl (C=O) groups is 2. The van der Waals surface area contributed by atoms with Crippen molar-refractivity contribution in [2.24, 2.45) is 0 Å². The van der Waals surface area contributed by atoms with Gasteiger partial charge in [0.2, 0.25) is 5.91 Å². The van der Waals surface area contributed by atoms with E-state index in [9.17, 15) is 9.59 Å². The SMILES string of the molecule is CCCCN(CCOCC[N+](CCC)(CCCC)CC(=O)Cc1c(C)c(C)cc(C)c1C)CC(=O)Nc1c(C)cccc1C. The molecule has 6 nitrogen and oxygen atoms in total. The van der Waals surface area contributed by atoms with E-state index in [1.807, 2.05) is 32.0 Å². The zero-order valence-electron chi connectivity index (χ0n) is 29.5. The Hall–Kier alpha value is -2.54. The molecule has 0 heterocycles. The lowest BCUT2D eigenvalue weighted by Gasteiger charge is -2.38. The number of amides is 1. The summed E-state index contributed by atoms with van der Waals surface area (Å²) in [6, 6.07) is 8.31. The average molecular weight is 609 g/mol. The van der Waals surface area contributed by atoms with Gasteiger partial charge < -0.3 is 14.5 Å². The highest BCUT2D eigenvalue weighted by Crippen LogP contribution is 2.23. The van der Waals surface area contributed by atoms with Crippen molar-refractivity contribution in [2.75, 3.05) is 64.3 Å². The first-order valence-corrected chi connectivity index (χ1v) is 17.1. The summed E-state index contributed by atoms with van der Waals surface area (Å²) in [4.78, 5) is 28.8. The molecule has 44 heavy (non-hydrogen) atoms. The molecule has 0 aliphatic carbocycles. The molecule has 0 radical (unpaired) electrons. The maximum Gasteiger partial charge on any atom is 0.238 e. The molecule has 0 fully saturated rings. The Bertz CT molecular complexity index is 1160. The summed E-state index contributed by atoms with van der Waals surface area (Å²) < 4.78 is 7.03. The van der Waals surface area contributed by atoms with E-state index in [0.29, 0.717) is 45.1 Å². The minimum absolute atomic E-state index is 0.0180. The highest BCUT2D eigenvalue weighted by atomic mass is 16.5. The lowest BCUT2D eigenvalue weighted by atomic mass is 9.91. The molecule has 0 aliphatic rings. The van der Waals surface area contributed by atoms with Gasteiger partial charge in [-0.3, -0.25) is 14.5 Å². The van der Waals surface area contributed by atoms with Gasteiger partial charge in [0.15, 0.2) is 5.78 Å². The van der Waals surface area contributed by atoms with Crippen LogP contribution >= 0.6 is 0 Å². The summed E-state index contributed by atoms with van der Waals surface area (Å²) in [6.45, 7) is 25.8. The van der Waals surface area contributed by atoms with Gasteiger partial charge in [0.1, 0.15) is 13.1 Å². The molecular formula is C38H62N3O3+. The van der Waals surface area contributed by atoms with Crippen LogP contribution in [0.1, 0.15) is 91.8 Å². The number of nitrogens with zero attached hydrogens (tertiary/aromatic N) is 2. The van der Waals surface area contributed by atoms with Crippen LogP contribution in [0.3, 0.4) is 0 Å². The molecular weight excluding hydrogens is 546 g/mol. The van der Waals surface area contributed by atoms with Gasteiger partial charge >= 0.3 is 0 Å². The fourth-order valence-electron chi connectivity index (χ4n) is 6.33. The first kappa shape index (κ1) is 37.6. The second-order valence-corrected chi connectivity index (χ2v) is 13.0. The summed E-state index contributed by atoms with van der Waals surface area (Å²) in [5, 5.41) is 3.13. The van der Waals surface area contributed by atoms with E-state index in [0.717, 1.165) is 79.6 Å². The highest BCUT2D eigenvalue weighted by Gasteiger charge is 2.30. The molecule has 2 aromatic rings. The molecule has 1 amide bonds. The number of aryl methyl sites for hydroxylation is 4. The molecule has 2 aromatic carbocycles. The monoisotopic (exact) mass is 608 g/mol. The zero-order chi connectivity index (χ0) is 32.7. The fraction of sp³-hybridized carbons (Fsp3) is 0.632. The van der Waals surface area contributed by atoms with Crippen molar-refractivity contribution in [2.45, 2.75) is 101 Å². The summed E-state index contributed by atoms with van der Waals surface area (Å²) in [5.41, 5.74) is 9.32. The molecule has 2 rings (SSSR count). The first-order valence-electron chi connectivity index (χ1n) is 17.1. The van der Waals surface area contributed by atoms with Gasteiger partial charge in [0.05, 0.1) is 32.8 Å². The van der Waals surface area contributed by atoms with Crippen LogP contribution in [0.4, 0.5) is 5.69 Å². The van der Waals surface area contributed by atoms with Crippen LogP contribution in [0.2, 0.25) is 0 Å². The number of hydrogen-bond donors (Lipinski definition) is 1. The third-order valence-corrected chi connectivity index (χ3v) is 9.29. The number of ketones is 1. The molecule has 1 N–H and O–H groups in total. The summed E-state index contributed by atoms with van der Waals surface area (Å²) in [5.74, 6) is 0.343. The Labute approximate surface area is 269 Å². The number of benzene rings is 2. The third-order valence-electron chi connectivity index (χ3n) is 9.29. The van der Waals surface area contributed by atoms with Gasteiger partial charge in [-0.2, -0.15) is 0 Å². The normalized spacial score (nSPS) is 12.9. The average Bonchev–Trinajstić information content (AvgIpc) is 2.97. The van der Waals surface area contributed by atoms with Crippen LogP contribution in [0.5, 0.6) is 0 Å². The van der Waals surface area contributed by atoms with E-state index in [1.54, 1.807) is 0 Å². The number of carbonyl (C=O) groups excluding carboxylic acids is 2. The predicted octanol–water partition coefficient (Wildman–Crippen LogP) is 7.43. The van der Waals surface area contributed by atoms with Crippen LogP contribution in [-0.2, 0) is 20.7 Å². The molecule has 0 aromatic heterocycles. The lowest BCUT2D eigenvalue weighted by molar-refractivity contribution is -0.921. The van der Waals surface area contributed by atoms with Gasteiger partial charge in [0.25, 0.3) is 0 Å². The molecule has 0 aliphatic heterocycles. The van der Waals surface area contributed by atoms with Crippen LogP contribution in [0.15, 0.2) is 24.3 Å². The van der Waals surface area contributed by atoms with Gasteiger partial charge in [-0.25, -0.2) is 0 Å². The molecule has 1 unspecified atom stereocenters. The van der Waals surface area contributed by atoms with Crippen molar-refractivity contribution >= 4 is 17.4 Å². The van der Waals surface area contributed by atoms with E-state index in [4.69, 9.17) is 4.74 Å². The van der Waals surface area contributed by atoms with Crippen molar-refractivity contribution in [3.8, 4) is 0 Å². The quantitative estimate of drug-likeness (QED) is 0.118. The minimum atomic E-state index is 0.0180. The molecule has 1 atom stereocenters. The van der Waals surface area contributed by atoms with E-state index in [-0.39, 0.29) is 5.91 Å².